The van der Waals surface area contributed by atoms with Crippen LogP contribution in [0.4, 0.5) is 5.69 Å². The summed E-state index contributed by atoms with van der Waals surface area (Å²) in [5.41, 5.74) is 3.52. The van der Waals surface area contributed by atoms with Crippen LogP contribution in [0.1, 0.15) is 10.6 Å². The molecule has 4 aromatic rings. The summed E-state index contributed by atoms with van der Waals surface area (Å²) in [7, 11) is 1.65. The summed E-state index contributed by atoms with van der Waals surface area (Å²) in [5.74, 6) is 0.797. The van der Waals surface area contributed by atoms with Gasteiger partial charge in [0.15, 0.2) is 5.76 Å². The molecule has 2 aromatic heterocycles. The average molecular weight is 376 g/mol. The van der Waals surface area contributed by atoms with Gasteiger partial charge in [0, 0.05) is 22.2 Å². The number of carbonyl (C=O) groups is 1. The summed E-state index contributed by atoms with van der Waals surface area (Å²) in [6, 6.07) is 18.7. The van der Waals surface area contributed by atoms with E-state index in [1.54, 1.807) is 30.6 Å². The van der Waals surface area contributed by atoms with Crippen molar-refractivity contribution in [2.24, 2.45) is 0 Å². The highest BCUT2D eigenvalue weighted by Crippen LogP contribution is 2.34. The molecule has 1 N–H and O–H groups in total. The lowest BCUT2D eigenvalue weighted by Gasteiger charge is -2.05. The Morgan fingerprint density at radius 3 is 2.63 bits per heavy atom. The van der Waals surface area contributed by atoms with Gasteiger partial charge in [0.05, 0.1) is 19.1 Å². The molecule has 5 nitrogen and oxygen atoms in total. The molecule has 2 heterocycles. The van der Waals surface area contributed by atoms with Crippen molar-refractivity contribution in [2.75, 3.05) is 12.4 Å². The number of carbonyl (C=O) groups excluding carboxylic acids is 1. The van der Waals surface area contributed by atoms with Gasteiger partial charge in [-0.25, -0.2) is 4.98 Å². The molecule has 0 saturated heterocycles. The second-order valence-electron chi connectivity index (χ2n) is 5.75. The van der Waals surface area contributed by atoms with Crippen molar-refractivity contribution in [3.8, 4) is 27.6 Å². The standard InChI is InChI=1S/C21H16N2O3S/c1-25-18-6-3-2-5-16(18)17-13-27-21(23-17)14-8-10-15(11-9-14)22-20(24)19-7-4-12-26-19/h2-13H,1H3,(H,22,24). The molecule has 4 rings (SSSR count). The maximum Gasteiger partial charge on any atom is 0.291 e. The van der Waals surface area contributed by atoms with E-state index in [1.807, 2.05) is 53.9 Å². The number of furan rings is 1. The zero-order chi connectivity index (χ0) is 18.6. The fraction of sp³-hybridized carbons (Fsp3) is 0.0476. The molecule has 0 unspecified atom stereocenters. The Morgan fingerprint density at radius 2 is 1.89 bits per heavy atom. The van der Waals surface area contributed by atoms with E-state index in [0.29, 0.717) is 5.69 Å². The number of para-hydroxylation sites is 1. The van der Waals surface area contributed by atoms with E-state index in [4.69, 9.17) is 14.1 Å². The minimum atomic E-state index is -0.277. The number of amides is 1. The molecule has 27 heavy (non-hydrogen) atoms. The molecule has 0 aliphatic heterocycles. The molecule has 0 aliphatic carbocycles. The Kier molecular flexibility index (Phi) is 4.72. The highest BCUT2D eigenvalue weighted by molar-refractivity contribution is 7.13. The van der Waals surface area contributed by atoms with E-state index in [9.17, 15) is 4.79 Å². The number of methoxy groups -OCH3 is 1. The van der Waals surface area contributed by atoms with Crippen LogP contribution < -0.4 is 10.1 Å². The topological polar surface area (TPSA) is 64.4 Å². The Bertz CT molecular complexity index is 1050. The van der Waals surface area contributed by atoms with Crippen LogP contribution in [0.3, 0.4) is 0 Å². The normalized spacial score (nSPS) is 10.6. The molecule has 2 aromatic carbocycles. The van der Waals surface area contributed by atoms with Gasteiger partial charge in [0.25, 0.3) is 5.91 Å². The zero-order valence-electron chi connectivity index (χ0n) is 14.5. The van der Waals surface area contributed by atoms with E-state index in [1.165, 1.54) is 6.26 Å². The first kappa shape index (κ1) is 17.1. The SMILES string of the molecule is COc1ccccc1-c1csc(-c2ccc(NC(=O)c3ccco3)cc2)n1. The van der Waals surface area contributed by atoms with Crippen molar-refractivity contribution in [2.45, 2.75) is 0 Å². The van der Waals surface area contributed by atoms with Crippen LogP contribution in [0.15, 0.2) is 76.7 Å². The first-order valence-electron chi connectivity index (χ1n) is 8.29. The second kappa shape index (κ2) is 7.47. The van der Waals surface area contributed by atoms with Crippen molar-refractivity contribution < 1.29 is 13.9 Å². The number of aromatic nitrogens is 1. The Labute approximate surface area is 160 Å². The second-order valence-corrected chi connectivity index (χ2v) is 6.61. The van der Waals surface area contributed by atoms with Gasteiger partial charge in [-0.15, -0.1) is 11.3 Å². The van der Waals surface area contributed by atoms with Gasteiger partial charge in [-0.05, 0) is 48.5 Å². The molecule has 0 spiro atoms. The minimum absolute atomic E-state index is 0.277. The predicted octanol–water partition coefficient (Wildman–Crippen LogP) is 5.33. The largest absolute Gasteiger partial charge is 0.496 e. The van der Waals surface area contributed by atoms with Crippen molar-refractivity contribution in [3.63, 3.8) is 0 Å². The summed E-state index contributed by atoms with van der Waals surface area (Å²) < 4.78 is 10.5. The van der Waals surface area contributed by atoms with Crippen LogP contribution in [0.5, 0.6) is 5.75 Å². The van der Waals surface area contributed by atoms with E-state index >= 15 is 0 Å². The molecular weight excluding hydrogens is 360 g/mol. The number of hydrogen-bond acceptors (Lipinski definition) is 5. The number of ether oxygens (including phenoxy) is 1. The van der Waals surface area contributed by atoms with Crippen LogP contribution in [-0.4, -0.2) is 18.0 Å². The summed E-state index contributed by atoms with van der Waals surface area (Å²) >= 11 is 1.57. The Hall–Kier alpha value is -3.38. The van der Waals surface area contributed by atoms with E-state index < -0.39 is 0 Å². The highest BCUT2D eigenvalue weighted by atomic mass is 32.1. The lowest BCUT2D eigenvalue weighted by Crippen LogP contribution is -2.10. The molecule has 0 saturated carbocycles. The van der Waals surface area contributed by atoms with Crippen LogP contribution in [0.25, 0.3) is 21.8 Å². The predicted molar refractivity (Wildman–Crippen MR) is 106 cm³/mol. The summed E-state index contributed by atoms with van der Waals surface area (Å²) in [4.78, 5) is 16.8. The quantitative estimate of drug-likeness (QED) is 0.511. The van der Waals surface area contributed by atoms with Gasteiger partial charge in [-0.2, -0.15) is 0 Å². The van der Waals surface area contributed by atoms with Gasteiger partial charge in [-0.3, -0.25) is 4.79 Å². The Balaban J connectivity index is 1.53. The van der Waals surface area contributed by atoms with Crippen molar-refractivity contribution in [3.05, 3.63) is 78.1 Å². The number of nitrogens with zero attached hydrogens (tertiary/aromatic N) is 1. The van der Waals surface area contributed by atoms with Crippen LogP contribution in [0.2, 0.25) is 0 Å². The average Bonchev–Trinajstić information content (AvgIpc) is 3.41. The number of rotatable bonds is 5. The lowest BCUT2D eigenvalue weighted by molar-refractivity contribution is 0.0996. The number of anilines is 1. The fourth-order valence-electron chi connectivity index (χ4n) is 2.68. The first-order chi connectivity index (χ1) is 13.2. The van der Waals surface area contributed by atoms with E-state index in [2.05, 4.69) is 5.32 Å². The summed E-state index contributed by atoms with van der Waals surface area (Å²) in [5, 5.41) is 5.72. The summed E-state index contributed by atoms with van der Waals surface area (Å²) in [6.45, 7) is 0. The van der Waals surface area contributed by atoms with Crippen molar-refractivity contribution in [1.29, 1.82) is 0 Å². The molecule has 134 valence electrons. The smallest absolute Gasteiger partial charge is 0.291 e. The molecule has 1 amide bonds. The van der Waals surface area contributed by atoms with E-state index in [-0.39, 0.29) is 11.7 Å². The van der Waals surface area contributed by atoms with Crippen molar-refractivity contribution >= 4 is 22.9 Å². The third-order valence-corrected chi connectivity index (χ3v) is 4.91. The van der Waals surface area contributed by atoms with Gasteiger partial charge in [0.1, 0.15) is 10.8 Å². The molecule has 0 aliphatic rings. The molecular formula is C21H16N2O3S. The van der Waals surface area contributed by atoms with Crippen LogP contribution >= 0.6 is 11.3 Å². The van der Waals surface area contributed by atoms with Gasteiger partial charge in [-0.1, -0.05) is 12.1 Å². The number of benzene rings is 2. The van der Waals surface area contributed by atoms with Crippen LogP contribution in [-0.2, 0) is 0 Å². The van der Waals surface area contributed by atoms with Crippen LogP contribution in [0, 0.1) is 0 Å². The molecule has 0 radical (unpaired) electrons. The van der Waals surface area contributed by atoms with Crippen molar-refractivity contribution in [1.82, 2.24) is 4.98 Å². The number of nitrogens with one attached hydrogen (secondary N) is 1. The Morgan fingerprint density at radius 1 is 1.07 bits per heavy atom. The van der Waals surface area contributed by atoms with Gasteiger partial charge < -0.3 is 14.5 Å². The lowest BCUT2D eigenvalue weighted by atomic mass is 10.1. The number of thiazole rings is 1. The molecule has 6 heteroatoms. The highest BCUT2D eigenvalue weighted by Gasteiger charge is 2.12. The number of hydrogen-bond donors (Lipinski definition) is 1. The maximum absolute atomic E-state index is 12.0. The minimum Gasteiger partial charge on any atom is -0.496 e. The third kappa shape index (κ3) is 3.61. The first-order valence-corrected chi connectivity index (χ1v) is 9.17. The fourth-order valence-corrected chi connectivity index (χ4v) is 3.51. The third-order valence-electron chi connectivity index (χ3n) is 4.02. The summed E-state index contributed by atoms with van der Waals surface area (Å²) in [6.07, 6.45) is 1.47. The van der Waals surface area contributed by atoms with Gasteiger partial charge in [0.2, 0.25) is 0 Å². The molecule has 0 atom stereocenters. The zero-order valence-corrected chi connectivity index (χ0v) is 15.3. The maximum atomic E-state index is 12.0. The van der Waals surface area contributed by atoms with Gasteiger partial charge >= 0.3 is 0 Å². The molecule has 0 fully saturated rings. The monoisotopic (exact) mass is 376 g/mol. The van der Waals surface area contributed by atoms with E-state index in [0.717, 1.165) is 27.6 Å². The molecule has 0 bridgehead atoms.